The van der Waals surface area contributed by atoms with Gasteiger partial charge >= 0.3 is 0 Å². The van der Waals surface area contributed by atoms with Crippen molar-refractivity contribution in [3.63, 3.8) is 0 Å². The molecule has 0 saturated heterocycles. The van der Waals surface area contributed by atoms with Crippen LogP contribution in [-0.2, 0) is 22.6 Å². The van der Waals surface area contributed by atoms with Crippen LogP contribution in [-0.4, -0.2) is 50.6 Å². The van der Waals surface area contributed by atoms with Crippen LogP contribution >= 0.6 is 0 Å². The zero-order valence-corrected chi connectivity index (χ0v) is 19.7. The summed E-state index contributed by atoms with van der Waals surface area (Å²) in [5, 5.41) is 2.70. The summed E-state index contributed by atoms with van der Waals surface area (Å²) >= 11 is 0. The Kier molecular flexibility index (Phi) is 8.91. The van der Waals surface area contributed by atoms with Crippen molar-refractivity contribution in [2.24, 2.45) is 0 Å². The number of hydrogen-bond donors (Lipinski definition) is 1. The van der Waals surface area contributed by atoms with Crippen molar-refractivity contribution < 1.29 is 23.8 Å². The average Bonchev–Trinajstić information content (AvgIpc) is 2.89. The molecule has 0 fully saturated rings. The summed E-state index contributed by atoms with van der Waals surface area (Å²) in [6, 6.07) is 23.5. The Morgan fingerprint density at radius 3 is 2.21 bits per heavy atom. The van der Waals surface area contributed by atoms with Crippen molar-refractivity contribution >= 4 is 11.8 Å². The fourth-order valence-corrected chi connectivity index (χ4v) is 3.65. The number of amides is 2. The highest BCUT2D eigenvalue weighted by Crippen LogP contribution is 2.26. The van der Waals surface area contributed by atoms with Gasteiger partial charge in [0.2, 0.25) is 5.91 Å². The van der Waals surface area contributed by atoms with Gasteiger partial charge in [-0.05, 0) is 35.4 Å². The molecule has 178 valence electrons. The van der Waals surface area contributed by atoms with Gasteiger partial charge in [0.05, 0.1) is 14.2 Å². The number of nitrogens with one attached hydrogen (secondary N) is 1. The molecule has 1 unspecified atom stereocenters. The van der Waals surface area contributed by atoms with Crippen LogP contribution in [0.25, 0.3) is 0 Å². The second kappa shape index (κ2) is 12.3. The number of nitrogens with zero attached hydrogens (tertiary/aromatic N) is 1. The van der Waals surface area contributed by atoms with Gasteiger partial charge in [-0.2, -0.15) is 0 Å². The molecule has 7 nitrogen and oxygen atoms in total. The van der Waals surface area contributed by atoms with Crippen LogP contribution < -0.4 is 19.5 Å². The molecule has 0 saturated carbocycles. The maximum Gasteiger partial charge on any atom is 0.261 e. The molecular formula is C27H30N2O5. The number of benzene rings is 3. The fraction of sp³-hybridized carbons (Fsp3) is 0.259. The third kappa shape index (κ3) is 6.51. The van der Waals surface area contributed by atoms with Gasteiger partial charge in [0.1, 0.15) is 11.8 Å². The lowest BCUT2D eigenvalue weighted by Crippen LogP contribution is -2.51. The molecular weight excluding hydrogens is 432 g/mol. The summed E-state index contributed by atoms with van der Waals surface area (Å²) in [4.78, 5) is 28.0. The van der Waals surface area contributed by atoms with Gasteiger partial charge in [0.25, 0.3) is 5.91 Å². The van der Waals surface area contributed by atoms with Gasteiger partial charge in [-0.15, -0.1) is 0 Å². The van der Waals surface area contributed by atoms with E-state index in [0.717, 1.165) is 11.1 Å². The monoisotopic (exact) mass is 462 g/mol. The third-order valence-corrected chi connectivity index (χ3v) is 5.42. The Morgan fingerprint density at radius 1 is 0.853 bits per heavy atom. The first kappa shape index (κ1) is 24.6. The van der Waals surface area contributed by atoms with Crippen LogP contribution in [0.5, 0.6) is 17.2 Å². The highest BCUT2D eigenvalue weighted by Gasteiger charge is 2.30. The zero-order chi connectivity index (χ0) is 24.3. The van der Waals surface area contributed by atoms with Crippen LogP contribution in [0, 0.1) is 0 Å². The molecule has 0 aliphatic rings. The standard InChI is InChI=1S/C27H30N2O5/c1-28-27(31)23(17-20-10-5-4-6-11-20)29(18-21-12-9-13-22(16-21)32-2)26(30)19-34-25-15-8-7-14-24(25)33-3/h4-16,23H,17-19H2,1-3H3,(H,28,31). The highest BCUT2D eigenvalue weighted by atomic mass is 16.5. The molecule has 3 rings (SSSR count). The predicted octanol–water partition coefficient (Wildman–Crippen LogP) is 3.47. The predicted molar refractivity (Wildman–Crippen MR) is 130 cm³/mol. The van der Waals surface area contributed by atoms with Crippen molar-refractivity contribution in [2.75, 3.05) is 27.9 Å². The Hall–Kier alpha value is -4.00. The summed E-state index contributed by atoms with van der Waals surface area (Å²) < 4.78 is 16.4. The summed E-state index contributed by atoms with van der Waals surface area (Å²) in [7, 11) is 4.70. The van der Waals surface area contributed by atoms with Gasteiger partial charge in [-0.25, -0.2) is 0 Å². The second-order valence-corrected chi connectivity index (χ2v) is 7.63. The number of rotatable bonds is 11. The lowest BCUT2D eigenvalue weighted by atomic mass is 10.0. The van der Waals surface area contributed by atoms with E-state index in [2.05, 4.69) is 5.32 Å². The largest absolute Gasteiger partial charge is 0.497 e. The smallest absolute Gasteiger partial charge is 0.261 e. The molecule has 3 aromatic rings. The Morgan fingerprint density at radius 2 is 1.53 bits per heavy atom. The van der Waals surface area contributed by atoms with Crippen LogP contribution in [0.1, 0.15) is 11.1 Å². The minimum Gasteiger partial charge on any atom is -0.497 e. The second-order valence-electron chi connectivity index (χ2n) is 7.63. The van der Waals surface area contributed by atoms with Gasteiger partial charge in [-0.3, -0.25) is 9.59 Å². The topological polar surface area (TPSA) is 77.1 Å². The lowest BCUT2D eigenvalue weighted by Gasteiger charge is -2.31. The quantitative estimate of drug-likeness (QED) is 0.472. The molecule has 7 heteroatoms. The fourth-order valence-electron chi connectivity index (χ4n) is 3.65. The first-order valence-electron chi connectivity index (χ1n) is 11.0. The van der Waals surface area contributed by atoms with Crippen molar-refractivity contribution in [2.45, 2.75) is 19.0 Å². The normalized spacial score (nSPS) is 11.3. The van der Waals surface area contributed by atoms with E-state index in [1.165, 1.54) is 0 Å². The molecule has 0 aliphatic carbocycles. The van der Waals surface area contributed by atoms with Gasteiger partial charge in [-0.1, -0.05) is 54.6 Å². The van der Waals surface area contributed by atoms with Gasteiger partial charge in [0, 0.05) is 20.0 Å². The van der Waals surface area contributed by atoms with Crippen LogP contribution in [0.2, 0.25) is 0 Å². The molecule has 0 spiro atoms. The van der Waals surface area contributed by atoms with E-state index in [-0.39, 0.29) is 25.0 Å². The molecule has 34 heavy (non-hydrogen) atoms. The minimum atomic E-state index is -0.729. The SMILES string of the molecule is CNC(=O)C(Cc1ccccc1)N(Cc1cccc(OC)c1)C(=O)COc1ccccc1OC. The molecule has 0 aromatic heterocycles. The number of ether oxygens (including phenoxy) is 3. The molecule has 0 aliphatic heterocycles. The van der Waals surface area contributed by atoms with Crippen molar-refractivity contribution in [1.29, 1.82) is 0 Å². The molecule has 3 aromatic carbocycles. The number of likely N-dealkylation sites (N-methyl/N-ethyl adjacent to an activating group) is 1. The summed E-state index contributed by atoms with van der Waals surface area (Å²) in [6.45, 7) is -0.0249. The molecule has 0 heterocycles. The van der Waals surface area contributed by atoms with E-state index in [1.807, 2.05) is 60.7 Å². The Labute approximate surface area is 200 Å². The highest BCUT2D eigenvalue weighted by molar-refractivity contribution is 5.88. The molecule has 1 atom stereocenters. The van der Waals surface area contributed by atoms with Crippen molar-refractivity contribution in [3.8, 4) is 17.2 Å². The van der Waals surface area contributed by atoms with E-state index in [9.17, 15) is 9.59 Å². The summed E-state index contributed by atoms with van der Waals surface area (Å²) in [6.07, 6.45) is 0.366. The van der Waals surface area contributed by atoms with Crippen molar-refractivity contribution in [1.82, 2.24) is 10.2 Å². The van der Waals surface area contributed by atoms with Gasteiger partial charge < -0.3 is 24.4 Å². The molecule has 0 bridgehead atoms. The molecule has 1 N–H and O–H groups in total. The van der Waals surface area contributed by atoms with Crippen LogP contribution in [0.3, 0.4) is 0 Å². The average molecular weight is 463 g/mol. The number of para-hydroxylation sites is 2. The maximum atomic E-state index is 13.5. The number of carbonyl (C=O) groups is 2. The number of carbonyl (C=O) groups excluding carboxylic acids is 2. The molecule has 2 amide bonds. The van der Waals surface area contributed by atoms with E-state index in [1.54, 1.807) is 44.4 Å². The third-order valence-electron chi connectivity index (χ3n) is 5.42. The zero-order valence-electron chi connectivity index (χ0n) is 19.7. The summed E-state index contributed by atoms with van der Waals surface area (Å²) in [5.41, 5.74) is 1.79. The van der Waals surface area contributed by atoms with E-state index in [4.69, 9.17) is 14.2 Å². The van der Waals surface area contributed by atoms with Crippen LogP contribution in [0.15, 0.2) is 78.9 Å². The van der Waals surface area contributed by atoms with E-state index >= 15 is 0 Å². The maximum absolute atomic E-state index is 13.5. The Balaban J connectivity index is 1.90. The van der Waals surface area contributed by atoms with Crippen LogP contribution in [0.4, 0.5) is 0 Å². The van der Waals surface area contributed by atoms with Crippen molar-refractivity contribution in [3.05, 3.63) is 90.0 Å². The minimum absolute atomic E-state index is 0.218. The van der Waals surface area contributed by atoms with Gasteiger partial charge in [0.15, 0.2) is 18.1 Å². The first-order chi connectivity index (χ1) is 16.5. The van der Waals surface area contributed by atoms with E-state index < -0.39 is 6.04 Å². The Bertz CT molecular complexity index is 1090. The number of methoxy groups -OCH3 is 2. The lowest BCUT2D eigenvalue weighted by molar-refractivity contribution is -0.142. The molecule has 0 radical (unpaired) electrons. The number of hydrogen-bond acceptors (Lipinski definition) is 5. The first-order valence-corrected chi connectivity index (χ1v) is 11.0. The van der Waals surface area contributed by atoms with E-state index in [0.29, 0.717) is 23.7 Å². The summed E-state index contributed by atoms with van der Waals surface area (Å²) in [5.74, 6) is 1.09.